The molecule has 0 radical (unpaired) electrons. The number of hydrogen-bond donors (Lipinski definition) is 2. The molecule has 0 saturated heterocycles. The molecular weight excluding hydrogens is 434 g/mol. The third-order valence-corrected chi connectivity index (χ3v) is 5.82. The lowest BCUT2D eigenvalue weighted by molar-refractivity contribution is 0.0942. The molecular formula is C29H25N5O. The fourth-order valence-corrected chi connectivity index (χ4v) is 4.04. The number of rotatable bonds is 6. The summed E-state index contributed by atoms with van der Waals surface area (Å²) in [6.07, 6.45) is 1.73. The summed E-state index contributed by atoms with van der Waals surface area (Å²) in [5.74, 6) is 0.336. The van der Waals surface area contributed by atoms with Crippen molar-refractivity contribution in [3.63, 3.8) is 0 Å². The van der Waals surface area contributed by atoms with E-state index in [1.165, 1.54) is 0 Å². The van der Waals surface area contributed by atoms with Crippen molar-refractivity contribution in [3.05, 3.63) is 132 Å². The van der Waals surface area contributed by atoms with E-state index in [0.29, 0.717) is 11.4 Å². The van der Waals surface area contributed by atoms with E-state index in [-0.39, 0.29) is 11.9 Å². The molecule has 0 saturated carbocycles. The minimum Gasteiger partial charge on any atom is -0.384 e. The van der Waals surface area contributed by atoms with E-state index in [0.717, 1.165) is 33.8 Å². The first-order chi connectivity index (χ1) is 17.1. The molecule has 3 aromatic carbocycles. The van der Waals surface area contributed by atoms with Gasteiger partial charge >= 0.3 is 0 Å². The van der Waals surface area contributed by atoms with E-state index in [4.69, 9.17) is 5.73 Å². The van der Waals surface area contributed by atoms with Gasteiger partial charge in [0.05, 0.1) is 23.1 Å². The smallest absolute Gasteiger partial charge is 0.252 e. The first-order valence-electron chi connectivity index (χ1n) is 11.4. The van der Waals surface area contributed by atoms with Gasteiger partial charge in [0.15, 0.2) is 0 Å². The van der Waals surface area contributed by atoms with Crippen LogP contribution in [-0.4, -0.2) is 20.7 Å². The molecule has 3 N–H and O–H groups in total. The average molecular weight is 460 g/mol. The molecule has 6 heteroatoms. The molecule has 6 nitrogen and oxygen atoms in total. The van der Waals surface area contributed by atoms with Crippen molar-refractivity contribution < 1.29 is 4.79 Å². The van der Waals surface area contributed by atoms with Gasteiger partial charge in [-0.1, -0.05) is 60.2 Å². The highest BCUT2D eigenvalue weighted by molar-refractivity contribution is 5.94. The summed E-state index contributed by atoms with van der Waals surface area (Å²) < 4.78 is 1.68. The van der Waals surface area contributed by atoms with E-state index < -0.39 is 0 Å². The number of aromatic nitrogens is 3. The lowest BCUT2D eigenvalue weighted by Gasteiger charge is -2.19. The minimum absolute atomic E-state index is 0.190. The van der Waals surface area contributed by atoms with Crippen LogP contribution in [0.2, 0.25) is 0 Å². The Bertz CT molecular complexity index is 1400. The number of nitrogens with two attached hydrogens (primary N) is 1. The number of nitrogens with one attached hydrogen (secondary N) is 1. The van der Waals surface area contributed by atoms with E-state index >= 15 is 0 Å². The van der Waals surface area contributed by atoms with Gasteiger partial charge in [-0.25, -0.2) is 4.68 Å². The average Bonchev–Trinajstić information content (AvgIpc) is 3.30. The molecule has 0 fully saturated rings. The molecule has 1 unspecified atom stereocenters. The van der Waals surface area contributed by atoms with Crippen LogP contribution in [0.25, 0.3) is 16.9 Å². The van der Waals surface area contributed by atoms with E-state index in [1.807, 2.05) is 91.9 Å². The van der Waals surface area contributed by atoms with Crippen molar-refractivity contribution in [1.29, 1.82) is 0 Å². The molecule has 5 rings (SSSR count). The summed E-state index contributed by atoms with van der Waals surface area (Å²) in [5, 5.41) is 7.80. The Morgan fingerprint density at radius 1 is 0.886 bits per heavy atom. The van der Waals surface area contributed by atoms with Crippen molar-refractivity contribution in [1.82, 2.24) is 20.1 Å². The zero-order valence-corrected chi connectivity index (χ0v) is 19.3. The fraction of sp³-hybridized carbons (Fsp3) is 0.0690. The van der Waals surface area contributed by atoms with Crippen LogP contribution in [0.1, 0.15) is 33.2 Å². The number of benzene rings is 3. The minimum atomic E-state index is -0.358. The van der Waals surface area contributed by atoms with Gasteiger partial charge in [0.2, 0.25) is 0 Å². The first-order valence-corrected chi connectivity index (χ1v) is 11.4. The van der Waals surface area contributed by atoms with Crippen LogP contribution < -0.4 is 11.1 Å². The highest BCUT2D eigenvalue weighted by Crippen LogP contribution is 2.25. The Morgan fingerprint density at radius 3 is 2.37 bits per heavy atom. The molecule has 2 heterocycles. The topological polar surface area (TPSA) is 85.8 Å². The molecule has 1 atom stereocenters. The summed E-state index contributed by atoms with van der Waals surface area (Å²) in [5.41, 5.74) is 12.3. The molecule has 1 amide bonds. The van der Waals surface area contributed by atoms with Crippen LogP contribution >= 0.6 is 0 Å². The van der Waals surface area contributed by atoms with Gasteiger partial charge in [0.1, 0.15) is 5.82 Å². The summed E-state index contributed by atoms with van der Waals surface area (Å²) in [7, 11) is 0. The van der Waals surface area contributed by atoms with E-state index in [1.54, 1.807) is 23.0 Å². The zero-order valence-electron chi connectivity index (χ0n) is 19.3. The molecule has 172 valence electrons. The number of aryl methyl sites for hydroxylation is 1. The highest BCUT2D eigenvalue weighted by Gasteiger charge is 2.19. The molecule has 0 aliphatic carbocycles. The quantitative estimate of drug-likeness (QED) is 0.359. The number of nitrogen functional groups attached to an aromatic ring is 1. The summed E-state index contributed by atoms with van der Waals surface area (Å²) >= 11 is 0. The Labute approximate surface area is 204 Å². The molecule has 0 bridgehead atoms. The predicted octanol–water partition coefficient (Wildman–Crippen LogP) is 5.34. The number of carbonyl (C=O) groups is 1. The SMILES string of the molecule is Cc1cccc(-c2cc(N)n(-c3ccc(C(=O)NC(c4ccccc4)c4ccccn4)cc3)n2)c1. The molecule has 0 aliphatic rings. The second-order valence-corrected chi connectivity index (χ2v) is 8.35. The molecule has 35 heavy (non-hydrogen) atoms. The predicted molar refractivity (Wildman–Crippen MR) is 138 cm³/mol. The Balaban J connectivity index is 1.38. The van der Waals surface area contributed by atoms with Crippen LogP contribution in [0.4, 0.5) is 5.82 Å². The van der Waals surface area contributed by atoms with Crippen molar-refractivity contribution in [2.45, 2.75) is 13.0 Å². The first kappa shape index (κ1) is 22.1. The van der Waals surface area contributed by atoms with Gasteiger partial charge in [-0.2, -0.15) is 5.10 Å². The third kappa shape index (κ3) is 4.82. The lowest BCUT2D eigenvalue weighted by atomic mass is 10.0. The number of hydrogen-bond acceptors (Lipinski definition) is 4. The molecule has 2 aromatic heterocycles. The lowest BCUT2D eigenvalue weighted by Crippen LogP contribution is -2.29. The van der Waals surface area contributed by atoms with E-state index in [9.17, 15) is 4.79 Å². The van der Waals surface area contributed by atoms with Gasteiger partial charge < -0.3 is 11.1 Å². The van der Waals surface area contributed by atoms with Crippen LogP contribution in [0.3, 0.4) is 0 Å². The Morgan fingerprint density at radius 2 is 1.66 bits per heavy atom. The normalized spacial score (nSPS) is 11.7. The Hall–Kier alpha value is -4.71. The second-order valence-electron chi connectivity index (χ2n) is 8.35. The van der Waals surface area contributed by atoms with Crippen molar-refractivity contribution in [3.8, 4) is 16.9 Å². The number of amides is 1. The summed E-state index contributed by atoms with van der Waals surface area (Å²) in [6.45, 7) is 2.05. The maximum atomic E-state index is 13.2. The van der Waals surface area contributed by atoms with Crippen LogP contribution in [0.15, 0.2) is 109 Å². The van der Waals surface area contributed by atoms with Gasteiger partial charge in [-0.05, 0) is 55.0 Å². The number of anilines is 1. The van der Waals surface area contributed by atoms with Gasteiger partial charge in [0, 0.05) is 23.4 Å². The van der Waals surface area contributed by atoms with Crippen molar-refractivity contribution in [2.75, 3.05) is 5.73 Å². The third-order valence-electron chi connectivity index (χ3n) is 5.82. The zero-order chi connectivity index (χ0) is 24.2. The maximum Gasteiger partial charge on any atom is 0.252 e. The number of pyridine rings is 1. The van der Waals surface area contributed by atoms with Crippen LogP contribution in [-0.2, 0) is 0 Å². The number of carbonyl (C=O) groups excluding carboxylic acids is 1. The molecule has 5 aromatic rings. The second kappa shape index (κ2) is 9.65. The fourth-order valence-electron chi connectivity index (χ4n) is 4.04. The molecule has 0 spiro atoms. The monoisotopic (exact) mass is 459 g/mol. The van der Waals surface area contributed by atoms with E-state index in [2.05, 4.69) is 21.5 Å². The van der Waals surface area contributed by atoms with Gasteiger partial charge in [0.25, 0.3) is 5.91 Å². The highest BCUT2D eigenvalue weighted by atomic mass is 16.1. The summed E-state index contributed by atoms with van der Waals surface area (Å²) in [6, 6.07) is 32.4. The van der Waals surface area contributed by atoms with Gasteiger partial charge in [-0.15, -0.1) is 0 Å². The van der Waals surface area contributed by atoms with Crippen molar-refractivity contribution >= 4 is 11.7 Å². The van der Waals surface area contributed by atoms with Crippen LogP contribution in [0.5, 0.6) is 0 Å². The Kier molecular flexibility index (Phi) is 6.09. The molecule has 0 aliphatic heterocycles. The largest absolute Gasteiger partial charge is 0.384 e. The van der Waals surface area contributed by atoms with Crippen molar-refractivity contribution in [2.24, 2.45) is 0 Å². The summed E-state index contributed by atoms with van der Waals surface area (Å²) in [4.78, 5) is 17.6. The van der Waals surface area contributed by atoms with Gasteiger partial charge in [-0.3, -0.25) is 9.78 Å². The number of nitrogens with zero attached hydrogens (tertiary/aromatic N) is 3. The maximum absolute atomic E-state index is 13.2. The van der Waals surface area contributed by atoms with Crippen LogP contribution in [0, 0.1) is 6.92 Å². The standard InChI is InChI=1S/C29H25N5O/c1-20-8-7-11-23(18-20)26-19-27(30)34(33-26)24-15-13-22(14-16-24)29(35)32-28(21-9-3-2-4-10-21)25-12-5-6-17-31-25/h2-19,28H,30H2,1H3,(H,32,35).